The number of nitrogens with zero attached hydrogens (tertiary/aromatic N) is 1. The second-order valence-corrected chi connectivity index (χ2v) is 8.21. The van der Waals surface area contributed by atoms with Gasteiger partial charge in [-0.1, -0.05) is 30.3 Å². The Morgan fingerprint density at radius 2 is 1.87 bits per heavy atom. The minimum absolute atomic E-state index is 0.0573. The normalized spacial score (nSPS) is 17.2. The molecule has 0 saturated carbocycles. The zero-order valence-electron chi connectivity index (χ0n) is 18.2. The molecule has 0 bridgehead atoms. The first-order valence-corrected chi connectivity index (χ1v) is 10.3. The minimum atomic E-state index is -0.649. The highest BCUT2D eigenvalue weighted by molar-refractivity contribution is 5.74. The smallest absolute Gasteiger partial charge is 0.410 e. The van der Waals surface area contributed by atoms with Crippen LogP contribution in [0.2, 0.25) is 0 Å². The molecule has 30 heavy (non-hydrogen) atoms. The molecule has 1 aromatic rings. The van der Waals surface area contributed by atoms with Crippen LogP contribution in [0, 0.1) is 0 Å². The van der Waals surface area contributed by atoms with Gasteiger partial charge in [-0.15, -0.1) is 0 Å². The molecule has 8 nitrogen and oxygen atoms in total. The zero-order valence-corrected chi connectivity index (χ0v) is 18.2. The number of rotatable bonds is 7. The summed E-state index contributed by atoms with van der Waals surface area (Å²) in [4.78, 5) is 38.7. The molecule has 2 atom stereocenters. The van der Waals surface area contributed by atoms with E-state index in [-0.39, 0.29) is 25.7 Å². The number of carbonyl (C=O) groups is 3. The molecule has 1 aromatic carbocycles. The standard InChI is InChI=1S/C22H32N2O6/c1-5-28-19(25)14-17(23-20(26)29-15-16-10-7-6-8-11-16)18-12-9-13-24(18)21(27)30-22(2,3)4/h6-8,10-11,17-18H,5,9,12-15H2,1-4H3,(H,23,26)/t17-,18+/m1/s1. The largest absolute Gasteiger partial charge is 0.466 e. The van der Waals surface area contributed by atoms with Gasteiger partial charge in [0.2, 0.25) is 0 Å². The Bertz CT molecular complexity index is 716. The van der Waals surface area contributed by atoms with Crippen molar-refractivity contribution in [3.8, 4) is 0 Å². The number of alkyl carbamates (subject to hydrolysis) is 1. The topological polar surface area (TPSA) is 94.2 Å². The molecule has 1 heterocycles. The monoisotopic (exact) mass is 420 g/mol. The zero-order chi connectivity index (χ0) is 22.1. The molecule has 0 radical (unpaired) electrons. The molecule has 0 aromatic heterocycles. The summed E-state index contributed by atoms with van der Waals surface area (Å²) in [6, 6.07) is 8.28. The van der Waals surface area contributed by atoms with Gasteiger partial charge in [0.15, 0.2) is 0 Å². The van der Waals surface area contributed by atoms with E-state index in [0.29, 0.717) is 13.0 Å². The molecule has 1 saturated heterocycles. The van der Waals surface area contributed by atoms with Crippen LogP contribution in [0.5, 0.6) is 0 Å². The summed E-state index contributed by atoms with van der Waals surface area (Å²) < 4.78 is 15.8. The molecule has 1 fully saturated rings. The van der Waals surface area contributed by atoms with Gasteiger partial charge in [-0.2, -0.15) is 0 Å². The molecule has 8 heteroatoms. The van der Waals surface area contributed by atoms with Crippen molar-refractivity contribution in [2.75, 3.05) is 13.2 Å². The molecular formula is C22H32N2O6. The molecular weight excluding hydrogens is 388 g/mol. The maximum atomic E-state index is 12.6. The first kappa shape index (κ1) is 23.5. The fourth-order valence-electron chi connectivity index (χ4n) is 3.36. The predicted molar refractivity (Wildman–Crippen MR) is 111 cm³/mol. The average Bonchev–Trinajstić information content (AvgIpc) is 3.15. The van der Waals surface area contributed by atoms with Crippen molar-refractivity contribution in [3.05, 3.63) is 35.9 Å². The van der Waals surface area contributed by atoms with Gasteiger partial charge >= 0.3 is 18.2 Å². The fourth-order valence-corrected chi connectivity index (χ4v) is 3.36. The summed E-state index contributed by atoms with van der Waals surface area (Å²) in [6.07, 6.45) is 0.229. The van der Waals surface area contributed by atoms with E-state index in [1.807, 2.05) is 30.3 Å². The Morgan fingerprint density at radius 1 is 1.17 bits per heavy atom. The van der Waals surface area contributed by atoms with Gasteiger partial charge in [0.1, 0.15) is 12.2 Å². The fraction of sp³-hybridized carbons (Fsp3) is 0.591. The number of amides is 2. The molecule has 0 unspecified atom stereocenters. The number of carbonyl (C=O) groups excluding carboxylic acids is 3. The third kappa shape index (κ3) is 7.57. The highest BCUT2D eigenvalue weighted by Gasteiger charge is 2.39. The summed E-state index contributed by atoms with van der Waals surface area (Å²) in [5, 5.41) is 2.75. The van der Waals surface area contributed by atoms with Crippen LogP contribution in [0.4, 0.5) is 9.59 Å². The van der Waals surface area contributed by atoms with E-state index >= 15 is 0 Å². The SMILES string of the molecule is CCOC(=O)C[C@@H](NC(=O)OCc1ccccc1)[C@@H]1CCCN1C(=O)OC(C)(C)C. The molecule has 1 aliphatic rings. The second-order valence-electron chi connectivity index (χ2n) is 8.21. The lowest BCUT2D eigenvalue weighted by Crippen LogP contribution is -2.52. The first-order chi connectivity index (χ1) is 14.2. The Balaban J connectivity index is 2.06. The van der Waals surface area contributed by atoms with Crippen LogP contribution in [-0.2, 0) is 25.6 Å². The third-order valence-electron chi connectivity index (χ3n) is 4.60. The van der Waals surface area contributed by atoms with E-state index in [0.717, 1.165) is 12.0 Å². The lowest BCUT2D eigenvalue weighted by atomic mass is 10.0. The van der Waals surface area contributed by atoms with Gasteiger partial charge in [-0.05, 0) is 46.1 Å². The molecule has 2 amide bonds. The number of benzene rings is 1. The van der Waals surface area contributed by atoms with Crippen LogP contribution >= 0.6 is 0 Å². The van der Waals surface area contributed by atoms with Crippen molar-refractivity contribution in [1.82, 2.24) is 10.2 Å². The van der Waals surface area contributed by atoms with Crippen LogP contribution in [0.25, 0.3) is 0 Å². The summed E-state index contributed by atoms with van der Waals surface area (Å²) in [5.74, 6) is -0.443. The lowest BCUT2D eigenvalue weighted by molar-refractivity contribution is -0.144. The second kappa shape index (κ2) is 10.8. The van der Waals surface area contributed by atoms with Crippen LogP contribution in [-0.4, -0.2) is 53.9 Å². The van der Waals surface area contributed by atoms with Gasteiger partial charge in [0.05, 0.1) is 25.1 Å². The summed E-state index contributed by atoms with van der Waals surface area (Å²) in [6.45, 7) is 7.96. The third-order valence-corrected chi connectivity index (χ3v) is 4.60. The van der Waals surface area contributed by atoms with Gasteiger partial charge in [-0.3, -0.25) is 4.79 Å². The van der Waals surface area contributed by atoms with Gasteiger partial charge in [0, 0.05) is 6.54 Å². The molecule has 0 aliphatic carbocycles. The van der Waals surface area contributed by atoms with E-state index in [9.17, 15) is 14.4 Å². The first-order valence-electron chi connectivity index (χ1n) is 10.3. The van der Waals surface area contributed by atoms with E-state index in [4.69, 9.17) is 14.2 Å². The quantitative estimate of drug-likeness (QED) is 0.535. The highest BCUT2D eigenvalue weighted by atomic mass is 16.6. The lowest BCUT2D eigenvalue weighted by Gasteiger charge is -2.33. The Labute approximate surface area is 177 Å². The average molecular weight is 421 g/mol. The van der Waals surface area contributed by atoms with Gasteiger partial charge in [-0.25, -0.2) is 9.59 Å². The molecule has 0 spiro atoms. The van der Waals surface area contributed by atoms with Gasteiger partial charge < -0.3 is 24.4 Å². The Morgan fingerprint density at radius 3 is 2.50 bits per heavy atom. The van der Waals surface area contributed by atoms with Crippen LogP contribution in [0.15, 0.2) is 30.3 Å². The Hall–Kier alpha value is -2.77. The molecule has 166 valence electrons. The van der Waals surface area contributed by atoms with Crippen molar-refractivity contribution in [2.45, 2.75) is 71.2 Å². The summed E-state index contributed by atoms with van der Waals surface area (Å²) in [5.41, 5.74) is 0.217. The molecule has 1 aliphatic heterocycles. The molecule has 1 N–H and O–H groups in total. The maximum absolute atomic E-state index is 12.6. The number of ether oxygens (including phenoxy) is 3. The van der Waals surface area contributed by atoms with E-state index < -0.39 is 29.8 Å². The van der Waals surface area contributed by atoms with Crippen LogP contribution < -0.4 is 5.32 Å². The van der Waals surface area contributed by atoms with Crippen molar-refractivity contribution < 1.29 is 28.6 Å². The highest BCUT2D eigenvalue weighted by Crippen LogP contribution is 2.25. The van der Waals surface area contributed by atoms with Crippen molar-refractivity contribution in [2.24, 2.45) is 0 Å². The summed E-state index contributed by atoms with van der Waals surface area (Å²) in [7, 11) is 0. The van der Waals surface area contributed by atoms with E-state index in [1.54, 1.807) is 32.6 Å². The number of hydrogen-bond acceptors (Lipinski definition) is 6. The van der Waals surface area contributed by atoms with Crippen molar-refractivity contribution >= 4 is 18.2 Å². The number of esters is 1. The van der Waals surface area contributed by atoms with E-state index in [2.05, 4.69) is 5.32 Å². The predicted octanol–water partition coefficient (Wildman–Crippen LogP) is 3.63. The summed E-state index contributed by atoms with van der Waals surface area (Å²) >= 11 is 0. The van der Waals surface area contributed by atoms with Crippen LogP contribution in [0.1, 0.15) is 52.5 Å². The minimum Gasteiger partial charge on any atom is -0.466 e. The van der Waals surface area contributed by atoms with Crippen molar-refractivity contribution in [3.63, 3.8) is 0 Å². The number of hydrogen-bond donors (Lipinski definition) is 1. The Kier molecular flexibility index (Phi) is 8.50. The number of nitrogens with one attached hydrogen (secondary N) is 1. The maximum Gasteiger partial charge on any atom is 0.410 e. The molecule has 2 rings (SSSR count). The number of likely N-dealkylation sites (tertiary alicyclic amines) is 1. The van der Waals surface area contributed by atoms with Crippen molar-refractivity contribution in [1.29, 1.82) is 0 Å². The van der Waals surface area contributed by atoms with Gasteiger partial charge in [0.25, 0.3) is 0 Å². The van der Waals surface area contributed by atoms with E-state index in [1.165, 1.54) is 0 Å². The van der Waals surface area contributed by atoms with Crippen LogP contribution in [0.3, 0.4) is 0 Å².